The quantitative estimate of drug-likeness (QED) is 0.560. The highest BCUT2D eigenvalue weighted by Crippen LogP contribution is 2.26. The molecule has 1 aliphatic rings. The molecule has 5 nitrogen and oxygen atoms in total. The van der Waals surface area contributed by atoms with E-state index in [1.807, 2.05) is 48.5 Å². The van der Waals surface area contributed by atoms with E-state index in [9.17, 15) is 9.59 Å². The van der Waals surface area contributed by atoms with Crippen LogP contribution in [0.1, 0.15) is 5.56 Å². The highest BCUT2D eigenvalue weighted by Gasteiger charge is 2.24. The second-order valence-corrected chi connectivity index (χ2v) is 7.00. The number of hydrogen-bond acceptors (Lipinski definition) is 5. The molecular weight excluding hydrogens is 406 g/mol. The van der Waals surface area contributed by atoms with E-state index in [2.05, 4.69) is 21.2 Å². The molecule has 0 unspecified atom stereocenters. The second kappa shape index (κ2) is 8.22. The third-order valence-corrected chi connectivity index (χ3v) is 4.59. The van der Waals surface area contributed by atoms with Crippen LogP contribution in [0.25, 0.3) is 6.08 Å². The van der Waals surface area contributed by atoms with Crippen LogP contribution in [0.2, 0.25) is 0 Å². The first-order valence-electron chi connectivity index (χ1n) is 7.46. The minimum Gasteiger partial charge on any atom is -0.490 e. The Hall–Kier alpha value is -2.25. The predicted octanol–water partition coefficient (Wildman–Crippen LogP) is 4.23. The molecule has 0 saturated carbocycles. The van der Waals surface area contributed by atoms with Crippen LogP contribution in [-0.4, -0.2) is 24.4 Å². The average Bonchev–Trinajstić information content (AvgIpc) is 2.92. The zero-order valence-corrected chi connectivity index (χ0v) is 15.4. The number of imide groups is 1. The summed E-state index contributed by atoms with van der Waals surface area (Å²) in [5, 5.41) is 1.88. The third kappa shape index (κ3) is 5.11. The van der Waals surface area contributed by atoms with E-state index >= 15 is 0 Å². The molecule has 1 heterocycles. The summed E-state index contributed by atoms with van der Waals surface area (Å²) in [7, 11) is 0. The van der Waals surface area contributed by atoms with Crippen LogP contribution in [0.3, 0.4) is 0 Å². The van der Waals surface area contributed by atoms with E-state index in [1.165, 1.54) is 0 Å². The van der Waals surface area contributed by atoms with Gasteiger partial charge in [0.25, 0.3) is 11.1 Å². The Labute approximate surface area is 157 Å². The van der Waals surface area contributed by atoms with Gasteiger partial charge in [0.15, 0.2) is 0 Å². The Kier molecular flexibility index (Phi) is 5.78. The summed E-state index contributed by atoms with van der Waals surface area (Å²) in [5.41, 5.74) is 0.825. The van der Waals surface area contributed by atoms with Gasteiger partial charge in [-0.3, -0.25) is 14.9 Å². The van der Waals surface area contributed by atoms with E-state index in [4.69, 9.17) is 9.47 Å². The monoisotopic (exact) mass is 419 g/mol. The molecule has 2 aromatic rings. The zero-order chi connectivity index (χ0) is 17.6. The number of nitrogens with one attached hydrogen (secondary N) is 1. The van der Waals surface area contributed by atoms with Crippen LogP contribution < -0.4 is 14.8 Å². The molecule has 0 aliphatic carbocycles. The van der Waals surface area contributed by atoms with Crippen molar-refractivity contribution in [2.24, 2.45) is 0 Å². The second-order valence-electron chi connectivity index (χ2n) is 5.07. The molecule has 1 N–H and O–H groups in total. The molecule has 3 rings (SSSR count). The Morgan fingerprint density at radius 3 is 2.00 bits per heavy atom. The highest BCUT2D eigenvalue weighted by atomic mass is 79.9. The maximum absolute atomic E-state index is 11.5. The molecule has 128 valence electrons. The van der Waals surface area contributed by atoms with Gasteiger partial charge in [-0.2, -0.15) is 0 Å². The predicted molar refractivity (Wildman–Crippen MR) is 101 cm³/mol. The van der Waals surface area contributed by atoms with Crippen molar-refractivity contribution in [3.05, 3.63) is 63.5 Å². The lowest BCUT2D eigenvalue weighted by molar-refractivity contribution is -0.115. The molecule has 1 saturated heterocycles. The lowest BCUT2D eigenvalue weighted by Crippen LogP contribution is -2.17. The number of ether oxygens (including phenoxy) is 2. The van der Waals surface area contributed by atoms with Gasteiger partial charge in [-0.1, -0.05) is 28.1 Å². The van der Waals surface area contributed by atoms with Gasteiger partial charge in [-0.25, -0.2) is 0 Å². The van der Waals surface area contributed by atoms with Crippen molar-refractivity contribution >= 4 is 44.9 Å². The van der Waals surface area contributed by atoms with Crippen molar-refractivity contribution in [2.75, 3.05) is 13.2 Å². The number of carbonyl (C=O) groups is 2. The molecule has 0 atom stereocenters. The molecule has 2 aromatic carbocycles. The fourth-order valence-corrected chi connectivity index (χ4v) is 3.03. The summed E-state index contributed by atoms with van der Waals surface area (Å²) in [4.78, 5) is 23.0. The van der Waals surface area contributed by atoms with Crippen LogP contribution in [0.15, 0.2) is 57.9 Å². The smallest absolute Gasteiger partial charge is 0.290 e. The number of thioether (sulfide) groups is 1. The summed E-state index contributed by atoms with van der Waals surface area (Å²) in [5.74, 6) is 1.14. The van der Waals surface area contributed by atoms with Crippen LogP contribution in [0, 0.1) is 0 Å². The van der Waals surface area contributed by atoms with Crippen molar-refractivity contribution < 1.29 is 19.1 Å². The fraction of sp³-hybridized carbons (Fsp3) is 0.111. The first kappa shape index (κ1) is 17.6. The van der Waals surface area contributed by atoms with Gasteiger partial charge in [0.05, 0.1) is 4.91 Å². The largest absolute Gasteiger partial charge is 0.490 e. The van der Waals surface area contributed by atoms with E-state index in [1.54, 1.807) is 6.08 Å². The van der Waals surface area contributed by atoms with E-state index in [0.717, 1.165) is 27.5 Å². The summed E-state index contributed by atoms with van der Waals surface area (Å²) in [6.07, 6.45) is 1.67. The Balaban J connectivity index is 1.48. The lowest BCUT2D eigenvalue weighted by atomic mass is 10.2. The number of hydrogen-bond donors (Lipinski definition) is 1. The maximum atomic E-state index is 11.5. The first-order chi connectivity index (χ1) is 12.1. The third-order valence-electron chi connectivity index (χ3n) is 3.25. The van der Waals surface area contributed by atoms with E-state index in [0.29, 0.717) is 23.9 Å². The summed E-state index contributed by atoms with van der Waals surface area (Å²) >= 11 is 4.27. The van der Waals surface area contributed by atoms with Gasteiger partial charge in [0.2, 0.25) is 0 Å². The maximum Gasteiger partial charge on any atom is 0.290 e. The van der Waals surface area contributed by atoms with Gasteiger partial charge in [-0.15, -0.1) is 0 Å². The molecule has 0 bridgehead atoms. The number of carbonyl (C=O) groups excluding carboxylic acids is 2. The normalized spacial score (nSPS) is 15.3. The minimum absolute atomic E-state index is 0.345. The van der Waals surface area contributed by atoms with E-state index in [-0.39, 0.29) is 11.1 Å². The van der Waals surface area contributed by atoms with Gasteiger partial charge in [0.1, 0.15) is 24.7 Å². The molecule has 2 amide bonds. The van der Waals surface area contributed by atoms with Crippen LogP contribution in [-0.2, 0) is 4.79 Å². The van der Waals surface area contributed by atoms with Crippen molar-refractivity contribution in [3.63, 3.8) is 0 Å². The zero-order valence-electron chi connectivity index (χ0n) is 13.0. The molecule has 25 heavy (non-hydrogen) atoms. The van der Waals surface area contributed by atoms with Gasteiger partial charge in [-0.05, 0) is 59.8 Å². The van der Waals surface area contributed by atoms with Crippen molar-refractivity contribution in [2.45, 2.75) is 0 Å². The van der Waals surface area contributed by atoms with Crippen LogP contribution in [0.5, 0.6) is 11.5 Å². The molecule has 7 heteroatoms. The van der Waals surface area contributed by atoms with Crippen molar-refractivity contribution in [1.29, 1.82) is 0 Å². The standard InChI is InChI=1S/C18H14BrNO4S/c19-13-3-7-15(8-4-13)24-10-9-23-14-5-1-12(2-6-14)11-16-17(21)20-18(22)25-16/h1-8,11H,9-10H2,(H,20,21,22)/b16-11-. The molecule has 1 aliphatic heterocycles. The highest BCUT2D eigenvalue weighted by molar-refractivity contribution is 9.10. The number of halogens is 1. The molecule has 1 fully saturated rings. The summed E-state index contributed by atoms with van der Waals surface area (Å²) in [6.45, 7) is 0.857. The topological polar surface area (TPSA) is 64.6 Å². The average molecular weight is 420 g/mol. The SMILES string of the molecule is O=C1NC(=O)/C(=C/c2ccc(OCCOc3ccc(Br)cc3)cc2)S1. The van der Waals surface area contributed by atoms with Crippen LogP contribution >= 0.6 is 27.7 Å². The molecule has 0 radical (unpaired) electrons. The number of benzene rings is 2. The molecular formula is C18H14BrNO4S. The number of rotatable bonds is 6. The van der Waals surface area contributed by atoms with E-state index < -0.39 is 0 Å². The lowest BCUT2D eigenvalue weighted by Gasteiger charge is -2.08. The molecule has 0 aromatic heterocycles. The van der Waals surface area contributed by atoms with Crippen LogP contribution in [0.4, 0.5) is 4.79 Å². The number of amides is 2. The van der Waals surface area contributed by atoms with Crippen molar-refractivity contribution in [1.82, 2.24) is 5.32 Å². The first-order valence-corrected chi connectivity index (χ1v) is 9.07. The Morgan fingerprint density at radius 1 is 0.920 bits per heavy atom. The Morgan fingerprint density at radius 2 is 1.48 bits per heavy atom. The summed E-state index contributed by atoms with van der Waals surface area (Å²) in [6, 6.07) is 14.9. The minimum atomic E-state index is -0.361. The van der Waals surface area contributed by atoms with Gasteiger partial charge < -0.3 is 9.47 Å². The summed E-state index contributed by atoms with van der Waals surface area (Å²) < 4.78 is 12.2. The van der Waals surface area contributed by atoms with Gasteiger partial charge >= 0.3 is 0 Å². The molecule has 0 spiro atoms. The Bertz CT molecular complexity index is 803. The van der Waals surface area contributed by atoms with Crippen molar-refractivity contribution in [3.8, 4) is 11.5 Å². The fourth-order valence-electron chi connectivity index (χ4n) is 2.08. The van der Waals surface area contributed by atoms with Gasteiger partial charge in [0, 0.05) is 4.47 Å².